The lowest BCUT2D eigenvalue weighted by molar-refractivity contribution is -0.116. The highest BCUT2D eigenvalue weighted by molar-refractivity contribution is 7.92. The third-order valence-electron chi connectivity index (χ3n) is 3.54. The van der Waals surface area contributed by atoms with E-state index in [-0.39, 0.29) is 0 Å². The zero-order valence-corrected chi connectivity index (χ0v) is 15.2. The van der Waals surface area contributed by atoms with Crippen molar-refractivity contribution in [3.8, 4) is 0 Å². The van der Waals surface area contributed by atoms with Gasteiger partial charge in [-0.2, -0.15) is 0 Å². The van der Waals surface area contributed by atoms with Crippen LogP contribution in [-0.2, 0) is 14.8 Å². The summed E-state index contributed by atoms with van der Waals surface area (Å²) in [6, 6.07) is 12.9. The van der Waals surface area contributed by atoms with Crippen LogP contribution in [0.4, 0.5) is 11.4 Å². The number of benzene rings is 2. The fraction of sp³-hybridized carbons (Fsp3) is 0.235. The van der Waals surface area contributed by atoms with Crippen molar-refractivity contribution >= 4 is 38.9 Å². The van der Waals surface area contributed by atoms with Gasteiger partial charge in [0.25, 0.3) is 0 Å². The average molecular weight is 367 g/mol. The second-order valence-electron chi connectivity index (χ2n) is 5.52. The molecule has 0 radical (unpaired) electrons. The maximum absolute atomic E-state index is 12.5. The van der Waals surface area contributed by atoms with Gasteiger partial charge in [-0.25, -0.2) is 8.42 Å². The number of carbonyl (C=O) groups excluding carboxylic acids is 1. The van der Waals surface area contributed by atoms with Crippen molar-refractivity contribution in [1.29, 1.82) is 0 Å². The van der Waals surface area contributed by atoms with Gasteiger partial charge in [0.05, 0.1) is 11.9 Å². The number of sulfonamides is 1. The molecule has 7 heteroatoms. The Morgan fingerprint density at radius 1 is 1.17 bits per heavy atom. The van der Waals surface area contributed by atoms with E-state index in [1.54, 1.807) is 56.3 Å². The molecule has 5 nitrogen and oxygen atoms in total. The first kappa shape index (κ1) is 18.3. The average Bonchev–Trinajstić information content (AvgIpc) is 2.50. The molecule has 1 N–H and O–H groups in total. The summed E-state index contributed by atoms with van der Waals surface area (Å²) < 4.78 is 25.7. The quantitative estimate of drug-likeness (QED) is 0.881. The van der Waals surface area contributed by atoms with E-state index in [1.807, 2.05) is 6.07 Å². The van der Waals surface area contributed by atoms with Crippen LogP contribution in [0.25, 0.3) is 0 Å². The molecule has 1 atom stereocenters. The van der Waals surface area contributed by atoms with Crippen LogP contribution in [0.5, 0.6) is 0 Å². The normalized spacial score (nSPS) is 12.5. The van der Waals surface area contributed by atoms with Gasteiger partial charge in [-0.3, -0.25) is 9.10 Å². The molecule has 0 saturated heterocycles. The van der Waals surface area contributed by atoms with Crippen LogP contribution in [-0.4, -0.2) is 26.6 Å². The fourth-order valence-corrected chi connectivity index (χ4v) is 3.76. The Balaban J connectivity index is 2.38. The smallest absolute Gasteiger partial charge is 0.247 e. The summed E-state index contributed by atoms with van der Waals surface area (Å²) in [5.74, 6) is -0.425. The Morgan fingerprint density at radius 2 is 1.79 bits per heavy atom. The molecule has 0 unspecified atom stereocenters. The van der Waals surface area contributed by atoms with E-state index in [9.17, 15) is 13.2 Å². The zero-order chi connectivity index (χ0) is 17.9. The first-order valence-electron chi connectivity index (χ1n) is 7.31. The van der Waals surface area contributed by atoms with Gasteiger partial charge < -0.3 is 5.32 Å². The maximum Gasteiger partial charge on any atom is 0.247 e. The molecule has 0 bridgehead atoms. The van der Waals surface area contributed by atoms with Gasteiger partial charge in [0, 0.05) is 10.7 Å². The molecule has 0 heterocycles. The maximum atomic E-state index is 12.5. The van der Waals surface area contributed by atoms with Crippen molar-refractivity contribution in [3.05, 3.63) is 59.1 Å². The number of carbonyl (C=O) groups is 1. The standard InChI is InChI=1S/C17H19ClN2O3S/c1-12-9-10-14(18)11-16(12)20(24(3,22)23)13(2)17(21)19-15-7-5-4-6-8-15/h4-11,13H,1-3H3,(H,19,21)/t13-/m1/s1. The fourth-order valence-electron chi connectivity index (χ4n) is 2.37. The summed E-state index contributed by atoms with van der Waals surface area (Å²) in [5, 5.41) is 3.12. The van der Waals surface area contributed by atoms with Crippen LogP contribution in [0.3, 0.4) is 0 Å². The predicted molar refractivity (Wildman–Crippen MR) is 98.0 cm³/mol. The van der Waals surface area contributed by atoms with Crippen LogP contribution in [0.15, 0.2) is 48.5 Å². The van der Waals surface area contributed by atoms with Gasteiger partial charge in [-0.1, -0.05) is 35.9 Å². The molecular formula is C17H19ClN2O3S. The van der Waals surface area contributed by atoms with E-state index < -0.39 is 22.0 Å². The van der Waals surface area contributed by atoms with E-state index in [1.165, 1.54) is 0 Å². The number of nitrogens with zero attached hydrogens (tertiary/aromatic N) is 1. The number of aryl methyl sites for hydroxylation is 1. The van der Waals surface area contributed by atoms with Gasteiger partial charge in [0.15, 0.2) is 0 Å². The summed E-state index contributed by atoms with van der Waals surface area (Å²) in [4.78, 5) is 12.5. The van der Waals surface area contributed by atoms with E-state index in [2.05, 4.69) is 5.32 Å². The van der Waals surface area contributed by atoms with Crippen molar-refractivity contribution in [3.63, 3.8) is 0 Å². The Morgan fingerprint density at radius 3 is 2.38 bits per heavy atom. The first-order valence-corrected chi connectivity index (χ1v) is 9.54. The van der Waals surface area contributed by atoms with E-state index >= 15 is 0 Å². The highest BCUT2D eigenvalue weighted by atomic mass is 35.5. The largest absolute Gasteiger partial charge is 0.324 e. The molecule has 24 heavy (non-hydrogen) atoms. The molecule has 2 aromatic rings. The third-order valence-corrected chi connectivity index (χ3v) is 5.00. The molecule has 0 fully saturated rings. The van der Waals surface area contributed by atoms with Gasteiger partial charge in [0.1, 0.15) is 6.04 Å². The third kappa shape index (κ3) is 4.27. The molecule has 0 aliphatic carbocycles. The van der Waals surface area contributed by atoms with Crippen molar-refractivity contribution < 1.29 is 13.2 Å². The first-order chi connectivity index (χ1) is 11.2. The van der Waals surface area contributed by atoms with Crippen LogP contribution in [0, 0.1) is 6.92 Å². The highest BCUT2D eigenvalue weighted by Crippen LogP contribution is 2.28. The summed E-state index contributed by atoms with van der Waals surface area (Å²) in [6.07, 6.45) is 1.07. The Bertz CT molecular complexity index is 838. The lowest BCUT2D eigenvalue weighted by Gasteiger charge is -2.29. The second-order valence-corrected chi connectivity index (χ2v) is 7.82. The number of rotatable bonds is 5. The molecule has 0 aliphatic rings. The molecular weight excluding hydrogens is 348 g/mol. The van der Waals surface area contributed by atoms with Crippen LogP contribution < -0.4 is 9.62 Å². The molecule has 0 saturated carbocycles. The van der Waals surface area contributed by atoms with Gasteiger partial charge in [-0.15, -0.1) is 0 Å². The SMILES string of the molecule is Cc1ccc(Cl)cc1N([C@H](C)C(=O)Nc1ccccc1)S(C)(=O)=O. The molecule has 128 valence electrons. The lowest BCUT2D eigenvalue weighted by atomic mass is 10.1. The Labute approximate surface area is 147 Å². The van der Waals surface area contributed by atoms with E-state index in [0.717, 1.165) is 10.6 Å². The number of anilines is 2. The predicted octanol–water partition coefficient (Wildman–Crippen LogP) is 3.44. The summed E-state index contributed by atoms with van der Waals surface area (Å²) in [7, 11) is -3.68. The topological polar surface area (TPSA) is 66.5 Å². The number of nitrogens with one attached hydrogen (secondary N) is 1. The zero-order valence-electron chi connectivity index (χ0n) is 13.7. The van der Waals surface area contributed by atoms with Crippen molar-refractivity contribution in [2.24, 2.45) is 0 Å². The van der Waals surface area contributed by atoms with Crippen LogP contribution >= 0.6 is 11.6 Å². The Hall–Kier alpha value is -2.05. The number of halogens is 1. The molecule has 0 aromatic heterocycles. The number of hydrogen-bond donors (Lipinski definition) is 1. The Kier molecular flexibility index (Phi) is 5.51. The number of amides is 1. The molecule has 0 aliphatic heterocycles. The van der Waals surface area contributed by atoms with Gasteiger partial charge in [-0.05, 0) is 43.7 Å². The van der Waals surface area contributed by atoms with E-state index in [0.29, 0.717) is 22.0 Å². The minimum absolute atomic E-state index is 0.390. The molecule has 0 spiro atoms. The summed E-state index contributed by atoms with van der Waals surface area (Å²) in [6.45, 7) is 3.31. The van der Waals surface area contributed by atoms with Crippen LogP contribution in [0.1, 0.15) is 12.5 Å². The summed E-state index contributed by atoms with van der Waals surface area (Å²) in [5.41, 5.74) is 1.70. The van der Waals surface area contributed by atoms with Crippen molar-refractivity contribution in [2.45, 2.75) is 19.9 Å². The van der Waals surface area contributed by atoms with E-state index in [4.69, 9.17) is 11.6 Å². The highest BCUT2D eigenvalue weighted by Gasteiger charge is 2.30. The minimum Gasteiger partial charge on any atom is -0.324 e. The lowest BCUT2D eigenvalue weighted by Crippen LogP contribution is -2.45. The van der Waals surface area contributed by atoms with Gasteiger partial charge >= 0.3 is 0 Å². The number of hydrogen-bond acceptors (Lipinski definition) is 3. The summed E-state index contributed by atoms with van der Waals surface area (Å²) >= 11 is 6.00. The second kappa shape index (κ2) is 7.23. The molecule has 2 rings (SSSR count). The van der Waals surface area contributed by atoms with Crippen molar-refractivity contribution in [2.75, 3.05) is 15.9 Å². The van der Waals surface area contributed by atoms with Gasteiger partial charge in [0.2, 0.25) is 15.9 Å². The monoisotopic (exact) mass is 366 g/mol. The minimum atomic E-state index is -3.68. The molecule has 2 aromatic carbocycles. The number of para-hydroxylation sites is 1. The van der Waals surface area contributed by atoms with Crippen LogP contribution in [0.2, 0.25) is 5.02 Å². The molecule has 1 amide bonds. The van der Waals surface area contributed by atoms with Crippen molar-refractivity contribution in [1.82, 2.24) is 0 Å².